The summed E-state index contributed by atoms with van der Waals surface area (Å²) in [5.41, 5.74) is 1.70. The lowest BCUT2D eigenvalue weighted by Gasteiger charge is -2.13. The molecule has 0 bridgehead atoms. The summed E-state index contributed by atoms with van der Waals surface area (Å²) in [6.45, 7) is 4.33. The van der Waals surface area contributed by atoms with Crippen LogP contribution in [0.1, 0.15) is 18.2 Å². The van der Waals surface area contributed by atoms with Crippen molar-refractivity contribution in [2.24, 2.45) is 0 Å². The van der Waals surface area contributed by atoms with Crippen LogP contribution in [0.5, 0.6) is 5.75 Å². The molecule has 3 rings (SSSR count). The topological polar surface area (TPSA) is 89.3 Å². The highest BCUT2D eigenvalue weighted by Crippen LogP contribution is 2.31. The van der Waals surface area contributed by atoms with Crippen LogP contribution in [-0.2, 0) is 11.3 Å². The zero-order chi connectivity index (χ0) is 19.2. The maximum Gasteiger partial charge on any atom is 0.237 e. The highest BCUT2D eigenvalue weighted by molar-refractivity contribution is 8.02. The number of benzene rings is 1. The Labute approximate surface area is 165 Å². The molecule has 3 aromatic rings. The van der Waals surface area contributed by atoms with Gasteiger partial charge in [0.25, 0.3) is 0 Å². The lowest BCUT2D eigenvalue weighted by Crippen LogP contribution is -2.22. The first kappa shape index (κ1) is 19.2. The maximum atomic E-state index is 12.5. The highest BCUT2D eigenvalue weighted by Gasteiger charge is 2.19. The standard InChI is InChI=1S/C18H20N4O3S2/c1-11-6-7-15(24-3)14(9-11)20-16(23)12(2)26-18-22-21-17(27-18)19-10-13-5-4-8-25-13/h4-9,12H,10H2,1-3H3,(H,19,21)(H,20,23)/t12-/m1/s1. The number of carbonyl (C=O) groups excluding carboxylic acids is 1. The molecule has 142 valence electrons. The fraction of sp³-hybridized carbons (Fsp3) is 0.278. The number of ether oxygens (including phenoxy) is 1. The van der Waals surface area contributed by atoms with E-state index in [9.17, 15) is 4.79 Å². The Hall–Kier alpha value is -2.52. The minimum atomic E-state index is -0.332. The molecule has 0 aliphatic rings. The van der Waals surface area contributed by atoms with Gasteiger partial charge in [-0.3, -0.25) is 4.79 Å². The monoisotopic (exact) mass is 404 g/mol. The Balaban J connectivity index is 1.56. The molecule has 2 aromatic heterocycles. The third-order valence-corrected chi connectivity index (χ3v) is 5.73. The fourth-order valence-electron chi connectivity index (χ4n) is 2.26. The lowest BCUT2D eigenvalue weighted by atomic mass is 10.2. The summed E-state index contributed by atoms with van der Waals surface area (Å²) in [5.74, 6) is 1.33. The minimum absolute atomic E-state index is 0.121. The first-order valence-electron chi connectivity index (χ1n) is 8.27. The van der Waals surface area contributed by atoms with Gasteiger partial charge in [-0.1, -0.05) is 29.2 Å². The molecular formula is C18H20N4O3S2. The second-order valence-electron chi connectivity index (χ2n) is 5.76. The first-order valence-corrected chi connectivity index (χ1v) is 9.96. The van der Waals surface area contributed by atoms with E-state index in [1.807, 2.05) is 44.2 Å². The Kier molecular flexibility index (Phi) is 6.36. The van der Waals surface area contributed by atoms with E-state index in [0.29, 0.717) is 23.1 Å². The van der Waals surface area contributed by atoms with Gasteiger partial charge in [0.15, 0.2) is 4.34 Å². The Morgan fingerprint density at radius 3 is 2.96 bits per heavy atom. The van der Waals surface area contributed by atoms with Gasteiger partial charge in [0.2, 0.25) is 11.0 Å². The van der Waals surface area contributed by atoms with Crippen molar-refractivity contribution in [2.75, 3.05) is 17.7 Å². The SMILES string of the molecule is COc1ccc(C)cc1NC(=O)[C@@H](C)Sc1nnc(NCc2ccco2)s1. The van der Waals surface area contributed by atoms with Gasteiger partial charge in [0.05, 0.1) is 30.9 Å². The van der Waals surface area contributed by atoms with Crippen molar-refractivity contribution in [3.05, 3.63) is 47.9 Å². The number of amides is 1. The minimum Gasteiger partial charge on any atom is -0.495 e. The van der Waals surface area contributed by atoms with Crippen molar-refractivity contribution in [2.45, 2.75) is 30.0 Å². The van der Waals surface area contributed by atoms with Gasteiger partial charge in [0, 0.05) is 0 Å². The van der Waals surface area contributed by atoms with Gasteiger partial charge in [-0.25, -0.2) is 0 Å². The molecule has 2 heterocycles. The molecule has 27 heavy (non-hydrogen) atoms. The molecule has 1 amide bonds. The number of carbonyl (C=O) groups is 1. The van der Waals surface area contributed by atoms with Gasteiger partial charge in [-0.15, -0.1) is 10.2 Å². The number of furan rings is 1. The van der Waals surface area contributed by atoms with E-state index in [4.69, 9.17) is 9.15 Å². The largest absolute Gasteiger partial charge is 0.495 e. The van der Waals surface area contributed by atoms with Crippen LogP contribution in [0.2, 0.25) is 0 Å². The molecule has 1 atom stereocenters. The van der Waals surface area contributed by atoms with Crippen LogP contribution in [0.25, 0.3) is 0 Å². The summed E-state index contributed by atoms with van der Waals surface area (Å²) in [6, 6.07) is 9.38. The number of methoxy groups -OCH3 is 1. The normalized spacial score (nSPS) is 11.8. The molecule has 1 aromatic carbocycles. The van der Waals surface area contributed by atoms with E-state index in [1.54, 1.807) is 13.4 Å². The Morgan fingerprint density at radius 2 is 2.22 bits per heavy atom. The van der Waals surface area contributed by atoms with Crippen LogP contribution in [0, 0.1) is 6.92 Å². The molecular weight excluding hydrogens is 384 g/mol. The second-order valence-corrected chi connectivity index (χ2v) is 8.32. The molecule has 0 fully saturated rings. The molecule has 9 heteroatoms. The number of anilines is 2. The number of aromatic nitrogens is 2. The van der Waals surface area contributed by atoms with Gasteiger partial charge in [-0.05, 0) is 43.7 Å². The molecule has 0 saturated heterocycles. The molecule has 0 spiro atoms. The van der Waals surface area contributed by atoms with Crippen molar-refractivity contribution in [1.82, 2.24) is 10.2 Å². The van der Waals surface area contributed by atoms with Crippen LogP contribution in [0.15, 0.2) is 45.4 Å². The molecule has 7 nitrogen and oxygen atoms in total. The molecule has 0 radical (unpaired) electrons. The fourth-order valence-corrected chi connectivity index (χ4v) is 4.16. The van der Waals surface area contributed by atoms with Gasteiger partial charge in [0.1, 0.15) is 11.5 Å². The highest BCUT2D eigenvalue weighted by atomic mass is 32.2. The molecule has 0 aliphatic carbocycles. The van der Waals surface area contributed by atoms with E-state index in [2.05, 4.69) is 20.8 Å². The third-order valence-electron chi connectivity index (χ3n) is 3.66. The van der Waals surface area contributed by atoms with Crippen LogP contribution in [0.3, 0.4) is 0 Å². The van der Waals surface area contributed by atoms with E-state index < -0.39 is 0 Å². The van der Waals surface area contributed by atoms with E-state index >= 15 is 0 Å². The van der Waals surface area contributed by atoms with Crippen LogP contribution in [0.4, 0.5) is 10.8 Å². The van der Waals surface area contributed by atoms with Crippen molar-refractivity contribution in [1.29, 1.82) is 0 Å². The summed E-state index contributed by atoms with van der Waals surface area (Å²) >= 11 is 2.76. The van der Waals surface area contributed by atoms with Gasteiger partial charge >= 0.3 is 0 Å². The van der Waals surface area contributed by atoms with Crippen molar-refractivity contribution < 1.29 is 13.9 Å². The molecule has 2 N–H and O–H groups in total. The quantitative estimate of drug-likeness (QED) is 0.544. The van der Waals surface area contributed by atoms with E-state index in [1.165, 1.54) is 23.1 Å². The average Bonchev–Trinajstić information content (AvgIpc) is 3.32. The molecule has 0 unspecified atom stereocenters. The summed E-state index contributed by atoms with van der Waals surface area (Å²) < 4.78 is 11.3. The van der Waals surface area contributed by atoms with Gasteiger partial charge in [-0.2, -0.15) is 0 Å². The Bertz CT molecular complexity index is 896. The van der Waals surface area contributed by atoms with Crippen LogP contribution in [-0.4, -0.2) is 28.5 Å². The second kappa shape index (κ2) is 8.92. The van der Waals surface area contributed by atoms with Crippen LogP contribution < -0.4 is 15.4 Å². The third kappa shape index (κ3) is 5.24. The predicted octanol–water partition coefficient (Wildman–Crippen LogP) is 4.18. The number of rotatable bonds is 8. The lowest BCUT2D eigenvalue weighted by molar-refractivity contribution is -0.115. The number of hydrogen-bond acceptors (Lipinski definition) is 8. The molecule has 0 saturated carbocycles. The van der Waals surface area contributed by atoms with Crippen molar-refractivity contribution in [3.8, 4) is 5.75 Å². The van der Waals surface area contributed by atoms with E-state index in [0.717, 1.165) is 15.7 Å². The number of nitrogens with zero attached hydrogens (tertiary/aromatic N) is 2. The number of hydrogen-bond donors (Lipinski definition) is 2. The predicted molar refractivity (Wildman–Crippen MR) is 108 cm³/mol. The summed E-state index contributed by atoms with van der Waals surface area (Å²) in [7, 11) is 1.58. The van der Waals surface area contributed by atoms with E-state index in [-0.39, 0.29) is 11.2 Å². The van der Waals surface area contributed by atoms with Gasteiger partial charge < -0.3 is 19.8 Å². The summed E-state index contributed by atoms with van der Waals surface area (Å²) in [5, 5.41) is 14.6. The summed E-state index contributed by atoms with van der Waals surface area (Å²) in [4.78, 5) is 12.5. The zero-order valence-electron chi connectivity index (χ0n) is 15.2. The smallest absolute Gasteiger partial charge is 0.237 e. The molecule has 0 aliphatic heterocycles. The first-order chi connectivity index (χ1) is 13.0. The number of thioether (sulfide) groups is 1. The van der Waals surface area contributed by atoms with Crippen molar-refractivity contribution in [3.63, 3.8) is 0 Å². The number of nitrogens with one attached hydrogen (secondary N) is 2. The zero-order valence-corrected chi connectivity index (χ0v) is 16.8. The summed E-state index contributed by atoms with van der Waals surface area (Å²) in [6.07, 6.45) is 1.63. The maximum absolute atomic E-state index is 12.5. The average molecular weight is 405 g/mol. The Morgan fingerprint density at radius 1 is 1.37 bits per heavy atom. The number of aryl methyl sites for hydroxylation is 1. The van der Waals surface area contributed by atoms with Crippen molar-refractivity contribution >= 4 is 39.8 Å². The van der Waals surface area contributed by atoms with Crippen LogP contribution >= 0.6 is 23.1 Å².